The Balaban J connectivity index is 1.50. The number of benzene rings is 2. The normalized spacial score (nSPS) is 14.2. The second kappa shape index (κ2) is 10.9. The van der Waals surface area contributed by atoms with E-state index in [0.29, 0.717) is 18.7 Å². The number of esters is 2. The van der Waals surface area contributed by atoms with Crippen LogP contribution in [-0.2, 0) is 29.0 Å². The average Bonchev–Trinajstić information content (AvgIpc) is 3.33. The first-order valence-electron chi connectivity index (χ1n) is 10.9. The molecule has 1 aliphatic heterocycles. The van der Waals surface area contributed by atoms with Crippen molar-refractivity contribution in [3.05, 3.63) is 47.5 Å². The SMILES string of the molecule is COC(=O)c1cc(NC(=O)COn2nnc3ccc(S(=O)(=O)N4CCOCC4)cc32)cc(C(=O)OC)c1. The van der Waals surface area contributed by atoms with Gasteiger partial charge in [0.25, 0.3) is 5.91 Å². The quantitative estimate of drug-likeness (QED) is 0.390. The minimum atomic E-state index is -3.77. The summed E-state index contributed by atoms with van der Waals surface area (Å²) in [6.07, 6.45) is 0. The number of carbonyl (C=O) groups is 3. The standard InChI is InChI=1S/C22H23N5O9S/c1-33-21(29)14-9-15(22(30)34-2)11-16(10-14)23-20(28)13-36-27-19-12-17(3-4-18(19)24-25-27)37(31,32)26-5-7-35-8-6-26/h3-4,9-12H,5-8,13H2,1-2H3,(H,23,28). The summed E-state index contributed by atoms with van der Waals surface area (Å²) < 4.78 is 41.8. The van der Waals surface area contributed by atoms with Gasteiger partial charge in [-0.3, -0.25) is 4.79 Å². The number of ether oxygens (including phenoxy) is 3. The number of anilines is 1. The molecule has 0 spiro atoms. The second-order valence-corrected chi connectivity index (χ2v) is 9.67. The van der Waals surface area contributed by atoms with E-state index < -0.39 is 34.5 Å². The minimum absolute atomic E-state index is 0.0217. The predicted octanol–water partition coefficient (Wildman–Crippen LogP) is 0.0927. The van der Waals surface area contributed by atoms with E-state index >= 15 is 0 Å². The number of methoxy groups -OCH3 is 2. The summed E-state index contributed by atoms with van der Waals surface area (Å²) in [5.74, 6) is -2.08. The highest BCUT2D eigenvalue weighted by Gasteiger charge is 2.27. The van der Waals surface area contributed by atoms with Crippen LogP contribution in [0.1, 0.15) is 20.7 Å². The van der Waals surface area contributed by atoms with E-state index in [0.717, 1.165) is 4.85 Å². The van der Waals surface area contributed by atoms with Gasteiger partial charge in [0.1, 0.15) is 11.0 Å². The van der Waals surface area contributed by atoms with Gasteiger partial charge in [-0.15, -0.1) is 5.10 Å². The monoisotopic (exact) mass is 533 g/mol. The lowest BCUT2D eigenvalue weighted by Crippen LogP contribution is -2.40. The van der Waals surface area contributed by atoms with Crippen LogP contribution < -0.4 is 10.2 Å². The van der Waals surface area contributed by atoms with Gasteiger partial charge in [0.05, 0.1) is 43.5 Å². The van der Waals surface area contributed by atoms with Gasteiger partial charge in [-0.2, -0.15) is 4.31 Å². The number of morpholine rings is 1. The molecule has 1 saturated heterocycles. The zero-order valence-electron chi connectivity index (χ0n) is 19.9. The van der Waals surface area contributed by atoms with Crippen LogP contribution in [0.25, 0.3) is 11.0 Å². The Morgan fingerprint density at radius 1 is 1.00 bits per heavy atom. The molecule has 15 heteroatoms. The molecule has 37 heavy (non-hydrogen) atoms. The zero-order chi connectivity index (χ0) is 26.6. The van der Waals surface area contributed by atoms with Crippen molar-refractivity contribution in [3.63, 3.8) is 0 Å². The molecule has 0 aliphatic carbocycles. The van der Waals surface area contributed by atoms with Crippen LogP contribution in [0.5, 0.6) is 0 Å². The number of nitrogens with one attached hydrogen (secondary N) is 1. The molecule has 14 nitrogen and oxygen atoms in total. The van der Waals surface area contributed by atoms with Crippen molar-refractivity contribution in [2.24, 2.45) is 0 Å². The van der Waals surface area contributed by atoms with E-state index in [1.54, 1.807) is 0 Å². The molecule has 196 valence electrons. The third-order valence-electron chi connectivity index (χ3n) is 5.37. The van der Waals surface area contributed by atoms with Crippen molar-refractivity contribution in [2.45, 2.75) is 4.90 Å². The molecule has 0 atom stereocenters. The Bertz CT molecular complexity index is 1410. The van der Waals surface area contributed by atoms with Gasteiger partial charge >= 0.3 is 11.9 Å². The minimum Gasteiger partial charge on any atom is -0.465 e. The molecule has 1 aliphatic rings. The summed E-state index contributed by atoms with van der Waals surface area (Å²) in [5, 5.41) is 10.3. The van der Waals surface area contributed by atoms with Crippen LogP contribution in [0.3, 0.4) is 0 Å². The topological polar surface area (TPSA) is 168 Å². The van der Waals surface area contributed by atoms with E-state index in [2.05, 4.69) is 25.1 Å². The summed E-state index contributed by atoms with van der Waals surface area (Å²) in [7, 11) is -1.41. The van der Waals surface area contributed by atoms with Crippen LogP contribution in [-0.4, -0.2) is 92.9 Å². The number of sulfonamides is 1. The molecule has 3 aromatic rings. The van der Waals surface area contributed by atoms with Crippen LogP contribution in [0.4, 0.5) is 5.69 Å². The zero-order valence-corrected chi connectivity index (χ0v) is 20.7. The number of amides is 1. The molecule has 2 heterocycles. The van der Waals surface area contributed by atoms with Gasteiger partial charge in [-0.05, 0) is 41.6 Å². The molecule has 1 N–H and O–H groups in total. The highest BCUT2D eigenvalue weighted by atomic mass is 32.2. The first-order chi connectivity index (χ1) is 17.7. The van der Waals surface area contributed by atoms with Gasteiger partial charge in [0.2, 0.25) is 10.0 Å². The first-order valence-corrected chi connectivity index (χ1v) is 12.3. The van der Waals surface area contributed by atoms with E-state index in [1.165, 1.54) is 54.9 Å². The van der Waals surface area contributed by atoms with E-state index in [-0.39, 0.29) is 40.3 Å². The van der Waals surface area contributed by atoms with E-state index in [1.807, 2.05) is 0 Å². The lowest BCUT2D eigenvalue weighted by Gasteiger charge is -2.26. The Kier molecular flexibility index (Phi) is 7.66. The molecule has 2 aromatic carbocycles. The van der Waals surface area contributed by atoms with Crippen molar-refractivity contribution in [3.8, 4) is 0 Å². The van der Waals surface area contributed by atoms with Crippen LogP contribution in [0.15, 0.2) is 41.3 Å². The smallest absolute Gasteiger partial charge is 0.337 e. The Morgan fingerprint density at radius 3 is 2.27 bits per heavy atom. The maximum Gasteiger partial charge on any atom is 0.337 e. The van der Waals surface area contributed by atoms with Crippen LogP contribution >= 0.6 is 0 Å². The molecule has 1 fully saturated rings. The maximum absolute atomic E-state index is 13.0. The Labute approximate surface area is 211 Å². The molecule has 1 amide bonds. The summed E-state index contributed by atoms with van der Waals surface area (Å²) in [5.41, 5.74) is 0.771. The van der Waals surface area contributed by atoms with Crippen molar-refractivity contribution < 1.29 is 41.8 Å². The number of nitrogens with zero attached hydrogens (tertiary/aromatic N) is 4. The summed E-state index contributed by atoms with van der Waals surface area (Å²) in [6.45, 7) is 0.549. The third-order valence-corrected chi connectivity index (χ3v) is 7.27. The third kappa shape index (κ3) is 5.68. The fraction of sp³-hybridized carbons (Fsp3) is 0.318. The second-order valence-electron chi connectivity index (χ2n) is 7.73. The van der Waals surface area contributed by atoms with Gasteiger partial charge in [0, 0.05) is 18.8 Å². The molecule has 1 aromatic heterocycles. The average molecular weight is 534 g/mol. The largest absolute Gasteiger partial charge is 0.465 e. The highest BCUT2D eigenvalue weighted by Crippen LogP contribution is 2.21. The Hall–Kier alpha value is -4.08. The molecule has 0 saturated carbocycles. The fourth-order valence-electron chi connectivity index (χ4n) is 3.56. The predicted molar refractivity (Wildman–Crippen MR) is 126 cm³/mol. The molecule has 4 rings (SSSR count). The number of aromatic nitrogens is 3. The number of hydrogen-bond acceptors (Lipinski definition) is 11. The van der Waals surface area contributed by atoms with Crippen LogP contribution in [0, 0.1) is 0 Å². The maximum atomic E-state index is 13.0. The van der Waals surface area contributed by atoms with Gasteiger partial charge in [0.15, 0.2) is 6.61 Å². The number of carbonyl (C=O) groups excluding carboxylic acids is 3. The molecule has 0 bridgehead atoms. The fourth-order valence-corrected chi connectivity index (χ4v) is 4.99. The summed E-state index contributed by atoms with van der Waals surface area (Å²) in [4.78, 5) is 42.8. The summed E-state index contributed by atoms with van der Waals surface area (Å²) >= 11 is 0. The number of rotatable bonds is 8. The number of fused-ring (bicyclic) bond motifs is 1. The van der Waals surface area contributed by atoms with Crippen molar-refractivity contribution in [1.29, 1.82) is 0 Å². The lowest BCUT2D eigenvalue weighted by atomic mass is 10.1. The molecule has 0 unspecified atom stereocenters. The van der Waals surface area contributed by atoms with Gasteiger partial charge in [-0.1, -0.05) is 4.85 Å². The molecule has 0 radical (unpaired) electrons. The highest BCUT2D eigenvalue weighted by molar-refractivity contribution is 7.89. The first kappa shape index (κ1) is 26.0. The molecular weight excluding hydrogens is 510 g/mol. The van der Waals surface area contributed by atoms with E-state index in [9.17, 15) is 22.8 Å². The van der Waals surface area contributed by atoms with Gasteiger partial charge < -0.3 is 24.4 Å². The lowest BCUT2D eigenvalue weighted by molar-refractivity contribution is -0.121. The molecular formula is C22H23N5O9S. The van der Waals surface area contributed by atoms with Crippen molar-refractivity contribution >= 4 is 44.6 Å². The van der Waals surface area contributed by atoms with Crippen LogP contribution in [0.2, 0.25) is 0 Å². The summed E-state index contributed by atoms with van der Waals surface area (Å²) in [6, 6.07) is 8.19. The number of hydrogen-bond donors (Lipinski definition) is 1. The van der Waals surface area contributed by atoms with Crippen molar-refractivity contribution in [1.82, 2.24) is 19.5 Å². The Morgan fingerprint density at radius 2 is 1.65 bits per heavy atom. The van der Waals surface area contributed by atoms with Gasteiger partial charge in [-0.25, -0.2) is 18.0 Å². The van der Waals surface area contributed by atoms with E-state index in [4.69, 9.17) is 9.57 Å². The van der Waals surface area contributed by atoms with Crippen molar-refractivity contribution in [2.75, 3.05) is 52.4 Å².